The maximum absolute atomic E-state index is 13.7. The van der Waals surface area contributed by atoms with Crippen molar-refractivity contribution in [1.82, 2.24) is 15.2 Å². The Morgan fingerprint density at radius 2 is 1.94 bits per heavy atom. The van der Waals surface area contributed by atoms with Gasteiger partial charge in [0, 0.05) is 37.9 Å². The molecule has 1 amide bonds. The molecule has 2 aliphatic heterocycles. The molecule has 0 spiro atoms. The van der Waals surface area contributed by atoms with Crippen LogP contribution in [0.1, 0.15) is 42.9 Å². The molecule has 3 heterocycles. The fourth-order valence-corrected chi connectivity index (χ4v) is 4.23. The molecule has 1 fully saturated rings. The number of carbonyl (C=O) groups is 1. The number of amidine groups is 1. The van der Waals surface area contributed by atoms with Crippen molar-refractivity contribution < 1.29 is 9.18 Å². The van der Waals surface area contributed by atoms with E-state index < -0.39 is 0 Å². The van der Waals surface area contributed by atoms with E-state index in [9.17, 15) is 9.18 Å². The molecule has 1 aromatic heterocycles. The minimum atomic E-state index is -0.325. The predicted octanol–water partition coefficient (Wildman–Crippen LogP) is 3.49. The first-order valence-corrected chi connectivity index (χ1v) is 12.0. The minimum Gasteiger partial charge on any atom is -0.353 e. The highest BCUT2D eigenvalue weighted by Gasteiger charge is 2.26. The number of pyridine rings is 1. The van der Waals surface area contributed by atoms with Crippen LogP contribution in [-0.2, 0) is 4.79 Å². The summed E-state index contributed by atoms with van der Waals surface area (Å²) < 4.78 is 13.7. The number of hydrogen-bond acceptors (Lipinski definition) is 6. The molecule has 1 atom stereocenters. The number of rotatable bonds is 8. The molecule has 34 heavy (non-hydrogen) atoms. The monoisotopic (exact) mass is 464 g/mol. The van der Waals surface area contributed by atoms with Gasteiger partial charge in [-0.3, -0.25) is 10.1 Å². The van der Waals surface area contributed by atoms with Gasteiger partial charge in [-0.15, -0.1) is 0 Å². The summed E-state index contributed by atoms with van der Waals surface area (Å²) in [5.41, 5.74) is 3.48. The van der Waals surface area contributed by atoms with Crippen molar-refractivity contribution >= 4 is 23.3 Å². The van der Waals surface area contributed by atoms with Gasteiger partial charge in [-0.1, -0.05) is 13.3 Å². The molecule has 0 radical (unpaired) electrons. The lowest BCUT2D eigenvalue weighted by molar-refractivity contribution is -0.130. The summed E-state index contributed by atoms with van der Waals surface area (Å²) in [4.78, 5) is 30.9. The third-order valence-electron chi connectivity index (χ3n) is 6.32. The smallest absolute Gasteiger partial charge is 0.236 e. The maximum Gasteiger partial charge on any atom is 0.236 e. The summed E-state index contributed by atoms with van der Waals surface area (Å²) >= 11 is 0. The van der Waals surface area contributed by atoms with Crippen LogP contribution >= 0.6 is 0 Å². The summed E-state index contributed by atoms with van der Waals surface area (Å²) in [5.74, 6) is 1.38. The Bertz CT molecular complexity index is 1090. The molecule has 180 valence electrons. The van der Waals surface area contributed by atoms with Crippen molar-refractivity contribution in [1.29, 1.82) is 0 Å². The Balaban J connectivity index is 1.35. The Morgan fingerprint density at radius 1 is 1.15 bits per heavy atom. The van der Waals surface area contributed by atoms with Gasteiger partial charge in [0.25, 0.3) is 0 Å². The van der Waals surface area contributed by atoms with Crippen molar-refractivity contribution in [3.63, 3.8) is 0 Å². The Hall–Kier alpha value is -3.13. The largest absolute Gasteiger partial charge is 0.353 e. The highest BCUT2D eigenvalue weighted by molar-refractivity contribution is 6.13. The van der Waals surface area contributed by atoms with Crippen LogP contribution < -0.4 is 10.2 Å². The average molecular weight is 465 g/mol. The van der Waals surface area contributed by atoms with E-state index >= 15 is 0 Å². The molecule has 0 saturated carbocycles. The number of aryl methyl sites for hydroxylation is 2. The van der Waals surface area contributed by atoms with Crippen molar-refractivity contribution in [2.75, 3.05) is 37.6 Å². The zero-order valence-corrected chi connectivity index (χ0v) is 20.2. The van der Waals surface area contributed by atoms with Crippen LogP contribution in [0, 0.1) is 19.7 Å². The van der Waals surface area contributed by atoms with Crippen molar-refractivity contribution in [3.8, 4) is 0 Å². The van der Waals surface area contributed by atoms with E-state index in [2.05, 4.69) is 35.1 Å². The number of hydrogen-bond donors (Lipinski definition) is 1. The SMILES string of the molecule is CCCCC1=NC(c2ccc(F)c(C)c2)=NC1NCC(=O)N1CCN(c2cc(C)ccn2)CC1. The van der Waals surface area contributed by atoms with Crippen LogP contribution in [0.5, 0.6) is 0 Å². The van der Waals surface area contributed by atoms with Gasteiger partial charge < -0.3 is 9.80 Å². The Kier molecular flexibility index (Phi) is 7.67. The van der Waals surface area contributed by atoms with Crippen LogP contribution in [0.15, 0.2) is 46.5 Å². The molecular formula is C26H33FN6O. The molecule has 4 rings (SSSR count). The number of nitrogens with zero attached hydrogens (tertiary/aromatic N) is 5. The molecule has 2 aliphatic rings. The molecule has 0 bridgehead atoms. The van der Waals surface area contributed by atoms with Crippen molar-refractivity contribution in [2.45, 2.75) is 46.2 Å². The summed E-state index contributed by atoms with van der Waals surface area (Å²) in [6.45, 7) is 9.00. The molecule has 8 heteroatoms. The molecular weight excluding hydrogens is 431 g/mol. The standard InChI is InChI=1S/C26H33FN6O/c1-4-5-6-22-26(31-25(30-22)20-7-8-21(27)19(3)16-20)29-17-24(34)33-13-11-32(12-14-33)23-15-18(2)9-10-28-23/h7-10,15-16,26,29H,4-6,11-14,17H2,1-3H3. The number of aromatic nitrogens is 1. The van der Waals surface area contributed by atoms with Crippen LogP contribution in [0.4, 0.5) is 10.2 Å². The van der Waals surface area contributed by atoms with E-state index in [-0.39, 0.29) is 24.4 Å². The number of piperazine rings is 1. The molecule has 0 aliphatic carbocycles. The lowest BCUT2D eigenvalue weighted by Crippen LogP contribution is -2.52. The van der Waals surface area contributed by atoms with E-state index in [1.54, 1.807) is 19.1 Å². The number of nitrogens with one attached hydrogen (secondary N) is 1. The van der Waals surface area contributed by atoms with Gasteiger partial charge in [0.2, 0.25) is 5.91 Å². The molecule has 1 N–H and O–H groups in total. The van der Waals surface area contributed by atoms with E-state index in [1.165, 1.54) is 11.6 Å². The second-order valence-corrected chi connectivity index (χ2v) is 8.97. The zero-order chi connectivity index (χ0) is 24.1. The molecule has 2 aromatic rings. The molecule has 1 aromatic carbocycles. The molecule has 1 unspecified atom stereocenters. The fourth-order valence-electron chi connectivity index (χ4n) is 4.23. The number of amides is 1. The van der Waals surface area contributed by atoms with Gasteiger partial charge in [-0.25, -0.2) is 19.4 Å². The van der Waals surface area contributed by atoms with E-state index in [4.69, 9.17) is 9.98 Å². The third kappa shape index (κ3) is 5.67. The summed E-state index contributed by atoms with van der Waals surface area (Å²) in [6, 6.07) is 8.99. The lowest BCUT2D eigenvalue weighted by Gasteiger charge is -2.35. The first-order valence-electron chi connectivity index (χ1n) is 12.0. The normalized spacial score (nSPS) is 18.2. The third-order valence-corrected chi connectivity index (χ3v) is 6.32. The topological polar surface area (TPSA) is 73.2 Å². The van der Waals surface area contributed by atoms with Gasteiger partial charge in [-0.05, 0) is 68.1 Å². The highest BCUT2D eigenvalue weighted by Crippen LogP contribution is 2.18. The Labute approximate surface area is 200 Å². The maximum atomic E-state index is 13.7. The number of aliphatic imine (C=N–C) groups is 2. The second kappa shape index (κ2) is 10.9. The van der Waals surface area contributed by atoms with Gasteiger partial charge in [0.15, 0.2) is 5.84 Å². The summed E-state index contributed by atoms with van der Waals surface area (Å²) in [6.07, 6.45) is 4.38. The van der Waals surface area contributed by atoms with E-state index in [0.717, 1.165) is 49.4 Å². The summed E-state index contributed by atoms with van der Waals surface area (Å²) in [5, 5.41) is 3.30. The van der Waals surface area contributed by atoms with Crippen LogP contribution in [-0.4, -0.2) is 66.2 Å². The number of carbonyl (C=O) groups excluding carboxylic acids is 1. The predicted molar refractivity (Wildman–Crippen MR) is 134 cm³/mol. The summed E-state index contributed by atoms with van der Waals surface area (Å²) in [7, 11) is 0. The first kappa shape index (κ1) is 24.0. The number of halogens is 1. The fraction of sp³-hybridized carbons (Fsp3) is 0.462. The highest BCUT2D eigenvalue weighted by atomic mass is 19.1. The van der Waals surface area contributed by atoms with Crippen LogP contribution in [0.3, 0.4) is 0 Å². The quantitative estimate of drug-likeness (QED) is 0.649. The van der Waals surface area contributed by atoms with Gasteiger partial charge in [-0.2, -0.15) is 0 Å². The molecule has 7 nitrogen and oxygen atoms in total. The van der Waals surface area contributed by atoms with Crippen molar-refractivity contribution in [2.24, 2.45) is 9.98 Å². The van der Waals surface area contributed by atoms with Crippen LogP contribution in [0.25, 0.3) is 0 Å². The number of benzene rings is 1. The molecule has 1 saturated heterocycles. The average Bonchev–Trinajstić information content (AvgIpc) is 3.26. The van der Waals surface area contributed by atoms with E-state index in [1.807, 2.05) is 17.2 Å². The van der Waals surface area contributed by atoms with Gasteiger partial charge in [0.05, 0.1) is 12.3 Å². The van der Waals surface area contributed by atoms with Crippen LogP contribution in [0.2, 0.25) is 0 Å². The Morgan fingerprint density at radius 3 is 2.65 bits per heavy atom. The van der Waals surface area contributed by atoms with Gasteiger partial charge in [0.1, 0.15) is 17.8 Å². The van der Waals surface area contributed by atoms with Gasteiger partial charge >= 0.3 is 0 Å². The second-order valence-electron chi connectivity index (χ2n) is 8.97. The zero-order valence-electron chi connectivity index (χ0n) is 20.2. The number of anilines is 1. The first-order chi connectivity index (χ1) is 16.4. The lowest BCUT2D eigenvalue weighted by atomic mass is 10.1. The van der Waals surface area contributed by atoms with E-state index in [0.29, 0.717) is 24.5 Å². The minimum absolute atomic E-state index is 0.0629. The van der Waals surface area contributed by atoms with Crippen molar-refractivity contribution in [3.05, 3.63) is 59.0 Å². The number of unbranched alkanes of at least 4 members (excludes halogenated alkanes) is 1.